The van der Waals surface area contributed by atoms with Crippen LogP contribution < -0.4 is 5.32 Å². The van der Waals surface area contributed by atoms with Crippen LogP contribution >= 0.6 is 22.6 Å². The summed E-state index contributed by atoms with van der Waals surface area (Å²) in [6.07, 6.45) is 9.38. The van der Waals surface area contributed by atoms with Crippen LogP contribution in [0.15, 0.2) is 21.9 Å². The van der Waals surface area contributed by atoms with Gasteiger partial charge in [-0.3, -0.25) is 9.80 Å². The van der Waals surface area contributed by atoms with Crippen molar-refractivity contribution in [1.29, 1.82) is 0 Å². The average molecular weight is 387 g/mol. The molecule has 0 aliphatic carbocycles. The molecule has 4 nitrogen and oxygen atoms in total. The van der Waals surface area contributed by atoms with E-state index in [-0.39, 0.29) is 5.66 Å². The maximum Gasteiger partial charge on any atom is 0.107 e. The topological polar surface area (TPSA) is 27.7 Å². The summed E-state index contributed by atoms with van der Waals surface area (Å²) >= 11 is 2.36. The SMILES string of the molecule is CC1(N2CC3CCC(C2)N3C2COC2)C=CC(I)=CN1. The molecule has 110 valence electrons. The van der Waals surface area contributed by atoms with Crippen molar-refractivity contribution in [2.75, 3.05) is 26.3 Å². The number of rotatable bonds is 2. The zero-order valence-electron chi connectivity index (χ0n) is 11.9. The van der Waals surface area contributed by atoms with Crippen molar-refractivity contribution >= 4 is 22.6 Å². The maximum atomic E-state index is 5.40. The molecule has 20 heavy (non-hydrogen) atoms. The minimum absolute atomic E-state index is 0.0162. The van der Waals surface area contributed by atoms with Crippen LogP contribution in [0, 0.1) is 0 Å². The molecule has 0 aromatic heterocycles. The standard InChI is InChI=1S/C15H22IN3O/c1-15(5-4-11(16)6-17-15)18-7-12-2-3-13(8-18)19(12)14-9-20-10-14/h4-6,12-14,17H,2-3,7-10H2,1H3. The number of halogens is 1. The van der Waals surface area contributed by atoms with Crippen molar-refractivity contribution < 1.29 is 4.74 Å². The van der Waals surface area contributed by atoms with Crippen LogP contribution in [0.2, 0.25) is 0 Å². The van der Waals surface area contributed by atoms with Crippen molar-refractivity contribution in [1.82, 2.24) is 15.1 Å². The second-order valence-electron chi connectivity index (χ2n) is 6.58. The quantitative estimate of drug-likeness (QED) is 0.730. The van der Waals surface area contributed by atoms with Gasteiger partial charge in [-0.1, -0.05) is 0 Å². The normalized spacial score (nSPS) is 42.2. The Kier molecular flexibility index (Phi) is 3.36. The molecule has 0 saturated carbocycles. The van der Waals surface area contributed by atoms with Crippen molar-refractivity contribution in [2.24, 2.45) is 0 Å². The predicted octanol–water partition coefficient (Wildman–Crippen LogP) is 1.69. The number of allylic oxidation sites excluding steroid dienone is 2. The third kappa shape index (κ3) is 2.14. The summed E-state index contributed by atoms with van der Waals surface area (Å²) in [7, 11) is 0. The molecular weight excluding hydrogens is 365 g/mol. The first kappa shape index (κ1) is 13.5. The number of nitrogens with zero attached hydrogens (tertiary/aromatic N) is 2. The summed E-state index contributed by atoms with van der Waals surface area (Å²) in [6, 6.07) is 2.14. The van der Waals surface area contributed by atoms with Gasteiger partial charge in [0.2, 0.25) is 0 Å². The second-order valence-corrected chi connectivity index (χ2v) is 7.83. The molecule has 4 rings (SSSR count). The molecule has 0 aromatic carbocycles. The van der Waals surface area contributed by atoms with Crippen LogP contribution in [0.1, 0.15) is 19.8 Å². The number of hydrogen-bond acceptors (Lipinski definition) is 4. The molecule has 3 unspecified atom stereocenters. The average Bonchev–Trinajstić information content (AvgIpc) is 2.63. The number of fused-ring (bicyclic) bond motifs is 2. The van der Waals surface area contributed by atoms with Gasteiger partial charge in [0.1, 0.15) is 5.66 Å². The fraction of sp³-hybridized carbons (Fsp3) is 0.733. The first-order chi connectivity index (χ1) is 9.66. The Morgan fingerprint density at radius 1 is 1.25 bits per heavy atom. The van der Waals surface area contributed by atoms with E-state index in [1.165, 1.54) is 29.5 Å². The highest BCUT2D eigenvalue weighted by Crippen LogP contribution is 2.36. The lowest BCUT2D eigenvalue weighted by atomic mass is 10.0. The van der Waals surface area contributed by atoms with E-state index in [9.17, 15) is 0 Å². The van der Waals surface area contributed by atoms with Gasteiger partial charge < -0.3 is 10.1 Å². The van der Waals surface area contributed by atoms with Gasteiger partial charge in [-0.15, -0.1) is 0 Å². The van der Waals surface area contributed by atoms with Crippen molar-refractivity contribution in [3.05, 3.63) is 21.9 Å². The summed E-state index contributed by atoms with van der Waals surface area (Å²) in [5.41, 5.74) is -0.0162. The molecule has 4 aliphatic heterocycles. The molecule has 2 bridgehead atoms. The van der Waals surface area contributed by atoms with Crippen LogP contribution in [-0.4, -0.2) is 59.9 Å². The van der Waals surface area contributed by atoms with Crippen LogP contribution in [-0.2, 0) is 4.74 Å². The van der Waals surface area contributed by atoms with Gasteiger partial charge in [0.15, 0.2) is 0 Å². The van der Waals surface area contributed by atoms with Crippen LogP contribution in [0.5, 0.6) is 0 Å². The summed E-state index contributed by atoms with van der Waals surface area (Å²) < 4.78 is 6.67. The lowest BCUT2D eigenvalue weighted by Crippen LogP contribution is -2.67. The first-order valence-electron chi connectivity index (χ1n) is 7.58. The van der Waals surface area contributed by atoms with Gasteiger partial charge in [-0.2, -0.15) is 0 Å². The van der Waals surface area contributed by atoms with Crippen LogP contribution in [0.25, 0.3) is 0 Å². The van der Waals surface area contributed by atoms with E-state index in [1.54, 1.807) is 0 Å². The van der Waals surface area contributed by atoms with Crippen LogP contribution in [0.3, 0.4) is 0 Å². The molecule has 0 aromatic rings. The minimum Gasteiger partial charge on any atom is -0.378 e. The highest BCUT2D eigenvalue weighted by atomic mass is 127. The van der Waals surface area contributed by atoms with Gasteiger partial charge >= 0.3 is 0 Å². The van der Waals surface area contributed by atoms with Crippen molar-refractivity contribution in [3.63, 3.8) is 0 Å². The van der Waals surface area contributed by atoms with E-state index in [2.05, 4.69) is 63.0 Å². The highest BCUT2D eigenvalue weighted by molar-refractivity contribution is 14.1. The van der Waals surface area contributed by atoms with Gasteiger partial charge in [0.05, 0.1) is 19.3 Å². The first-order valence-corrected chi connectivity index (χ1v) is 8.66. The number of hydrogen-bond donors (Lipinski definition) is 1. The van der Waals surface area contributed by atoms with E-state index < -0.39 is 0 Å². The number of dihydropyridines is 1. The molecule has 4 heterocycles. The predicted molar refractivity (Wildman–Crippen MR) is 87.6 cm³/mol. The van der Waals surface area contributed by atoms with Crippen molar-refractivity contribution in [3.8, 4) is 0 Å². The summed E-state index contributed by atoms with van der Waals surface area (Å²) in [5.74, 6) is 0. The maximum absolute atomic E-state index is 5.40. The fourth-order valence-corrected chi connectivity index (χ4v) is 4.39. The van der Waals surface area contributed by atoms with Crippen LogP contribution in [0.4, 0.5) is 0 Å². The van der Waals surface area contributed by atoms with Gasteiger partial charge in [0.25, 0.3) is 0 Å². The molecule has 0 radical (unpaired) electrons. The summed E-state index contributed by atoms with van der Waals surface area (Å²) in [4.78, 5) is 5.39. The third-order valence-electron chi connectivity index (χ3n) is 5.31. The molecule has 4 aliphatic rings. The molecule has 3 saturated heterocycles. The van der Waals surface area contributed by atoms with Gasteiger partial charge in [-0.05, 0) is 54.5 Å². The zero-order valence-corrected chi connectivity index (χ0v) is 14.0. The second kappa shape index (κ2) is 4.97. The van der Waals surface area contributed by atoms with Crippen molar-refractivity contribution in [2.45, 2.75) is 43.6 Å². The molecule has 3 fully saturated rings. The Balaban J connectivity index is 1.49. The fourth-order valence-electron chi connectivity index (χ4n) is 4.06. The Morgan fingerprint density at radius 3 is 2.45 bits per heavy atom. The van der Waals surface area contributed by atoms with E-state index in [1.807, 2.05) is 0 Å². The lowest BCUT2D eigenvalue weighted by molar-refractivity contribution is -0.109. The molecular formula is C15H22IN3O. The van der Waals surface area contributed by atoms with E-state index in [4.69, 9.17) is 4.74 Å². The minimum atomic E-state index is -0.0162. The monoisotopic (exact) mass is 387 g/mol. The lowest BCUT2D eigenvalue weighted by Gasteiger charge is -2.52. The van der Waals surface area contributed by atoms with Gasteiger partial charge in [0, 0.05) is 35.0 Å². The van der Waals surface area contributed by atoms with E-state index >= 15 is 0 Å². The van der Waals surface area contributed by atoms with E-state index in [0.717, 1.165) is 25.3 Å². The molecule has 0 amide bonds. The number of likely N-dealkylation sites (tertiary alicyclic amines) is 1. The largest absolute Gasteiger partial charge is 0.378 e. The van der Waals surface area contributed by atoms with E-state index in [0.29, 0.717) is 6.04 Å². The molecule has 5 heteroatoms. The molecule has 1 N–H and O–H groups in total. The summed E-state index contributed by atoms with van der Waals surface area (Å²) in [6.45, 7) is 6.54. The Bertz CT molecular complexity index is 448. The molecule has 3 atom stereocenters. The van der Waals surface area contributed by atoms with Gasteiger partial charge in [-0.25, -0.2) is 0 Å². The Labute approximate surface area is 134 Å². The zero-order chi connectivity index (χ0) is 13.7. The number of nitrogens with one attached hydrogen (secondary N) is 1. The third-order valence-corrected chi connectivity index (χ3v) is 5.98. The number of piperazine rings is 1. The Hall–Kier alpha value is -0.110. The smallest absolute Gasteiger partial charge is 0.107 e. The molecule has 0 spiro atoms. The highest BCUT2D eigenvalue weighted by Gasteiger charge is 2.48. The Morgan fingerprint density at radius 2 is 1.95 bits per heavy atom. The number of ether oxygens (including phenoxy) is 1. The summed E-state index contributed by atoms with van der Waals surface area (Å²) in [5, 5.41) is 3.58.